The van der Waals surface area contributed by atoms with Crippen LogP contribution in [0.4, 0.5) is 0 Å². The molecule has 0 unspecified atom stereocenters. The van der Waals surface area contributed by atoms with Gasteiger partial charge in [0.2, 0.25) is 0 Å². The van der Waals surface area contributed by atoms with Gasteiger partial charge in [-0.1, -0.05) is 91.0 Å². The Morgan fingerprint density at radius 2 is 0.896 bits per heavy atom. The first kappa shape index (κ1) is 25.7. The minimum absolute atomic E-state index is 1.03. The van der Waals surface area contributed by atoms with E-state index in [1.807, 2.05) is 6.20 Å². The van der Waals surface area contributed by atoms with Crippen LogP contribution < -0.4 is 0 Å². The third-order valence-electron chi connectivity index (χ3n) is 10.3. The van der Waals surface area contributed by atoms with Crippen LogP contribution in [0.15, 0.2) is 164 Å². The zero-order valence-corrected chi connectivity index (χ0v) is 25.9. The van der Waals surface area contributed by atoms with Gasteiger partial charge in [-0.3, -0.25) is 4.98 Å². The molecule has 222 valence electrons. The Balaban J connectivity index is 1.12. The molecule has 0 atom stereocenters. The van der Waals surface area contributed by atoms with Gasteiger partial charge in [0.05, 0.1) is 27.6 Å². The summed E-state index contributed by atoms with van der Waals surface area (Å²) in [5.41, 5.74) is 15.7. The lowest BCUT2D eigenvalue weighted by Gasteiger charge is -2.12. The van der Waals surface area contributed by atoms with Crippen LogP contribution in [0, 0.1) is 0 Å². The van der Waals surface area contributed by atoms with Crippen molar-refractivity contribution in [1.29, 1.82) is 0 Å². The number of para-hydroxylation sites is 3. The zero-order valence-electron chi connectivity index (χ0n) is 25.9. The molecule has 48 heavy (non-hydrogen) atoms. The highest BCUT2D eigenvalue weighted by molar-refractivity contribution is 6.16. The van der Waals surface area contributed by atoms with E-state index in [9.17, 15) is 0 Å². The topological polar surface area (TPSA) is 22.8 Å². The largest absolute Gasteiger partial charge is 0.309 e. The molecule has 0 amide bonds. The highest BCUT2D eigenvalue weighted by Gasteiger charge is 2.23. The molecule has 0 bridgehead atoms. The Morgan fingerprint density at radius 3 is 1.56 bits per heavy atom. The predicted molar refractivity (Wildman–Crippen MR) is 200 cm³/mol. The molecule has 7 aromatic carbocycles. The summed E-state index contributed by atoms with van der Waals surface area (Å²) in [5.74, 6) is 0. The summed E-state index contributed by atoms with van der Waals surface area (Å²) in [6.07, 6.45) is 1.94. The summed E-state index contributed by atoms with van der Waals surface area (Å²) in [6, 6.07) is 57.5. The van der Waals surface area contributed by atoms with Crippen molar-refractivity contribution in [3.63, 3.8) is 0 Å². The monoisotopic (exact) mass is 609 g/mol. The Morgan fingerprint density at radius 1 is 0.354 bits per heavy atom. The third-order valence-corrected chi connectivity index (χ3v) is 10.3. The van der Waals surface area contributed by atoms with E-state index < -0.39 is 0 Å². The van der Waals surface area contributed by atoms with Gasteiger partial charge in [0.15, 0.2) is 0 Å². The maximum Gasteiger partial charge on any atom is 0.0735 e. The van der Waals surface area contributed by atoms with Gasteiger partial charge in [-0.05, 0) is 100 Å². The molecule has 0 spiro atoms. The van der Waals surface area contributed by atoms with Crippen molar-refractivity contribution >= 4 is 54.5 Å². The van der Waals surface area contributed by atoms with Crippen LogP contribution in [0.2, 0.25) is 0 Å². The molecule has 0 saturated heterocycles. The van der Waals surface area contributed by atoms with Crippen LogP contribution in [0.25, 0.3) is 99.3 Å². The van der Waals surface area contributed by atoms with E-state index in [2.05, 4.69) is 167 Å². The molecule has 0 fully saturated rings. The quantitative estimate of drug-likeness (QED) is 0.195. The fourth-order valence-corrected chi connectivity index (χ4v) is 8.23. The molecule has 1 aliphatic rings. The summed E-state index contributed by atoms with van der Waals surface area (Å²) < 4.78 is 4.78. The Labute approximate surface area is 276 Å². The van der Waals surface area contributed by atoms with Crippen molar-refractivity contribution in [3.8, 4) is 44.8 Å². The van der Waals surface area contributed by atoms with Gasteiger partial charge in [-0.25, -0.2) is 0 Å². The SMILES string of the molecule is c1ccc(-n2c3ccccc3c3cc(-c4ccc5c(c4)c4ccccc4n5-c4cc5c6c(ccnc6c4)-c4ccccc4-5)ccc32)cc1. The number of hydrogen-bond donors (Lipinski definition) is 0. The molecule has 3 heterocycles. The number of rotatable bonds is 3. The first-order valence-corrected chi connectivity index (χ1v) is 16.5. The summed E-state index contributed by atoms with van der Waals surface area (Å²) in [6.45, 7) is 0. The van der Waals surface area contributed by atoms with Gasteiger partial charge >= 0.3 is 0 Å². The van der Waals surface area contributed by atoms with Crippen molar-refractivity contribution in [2.45, 2.75) is 0 Å². The highest BCUT2D eigenvalue weighted by atomic mass is 15.0. The van der Waals surface area contributed by atoms with Crippen molar-refractivity contribution in [1.82, 2.24) is 14.1 Å². The van der Waals surface area contributed by atoms with Crippen molar-refractivity contribution in [2.75, 3.05) is 0 Å². The minimum atomic E-state index is 1.03. The molecular weight excluding hydrogens is 583 g/mol. The van der Waals surface area contributed by atoms with Crippen LogP contribution in [-0.2, 0) is 0 Å². The van der Waals surface area contributed by atoms with Gasteiger partial charge in [0.1, 0.15) is 0 Å². The number of benzene rings is 7. The van der Waals surface area contributed by atoms with E-state index >= 15 is 0 Å². The molecule has 3 nitrogen and oxygen atoms in total. The maximum atomic E-state index is 4.86. The molecule has 10 aromatic rings. The Hall–Kier alpha value is -6.45. The van der Waals surface area contributed by atoms with Gasteiger partial charge in [-0.15, -0.1) is 0 Å². The smallest absolute Gasteiger partial charge is 0.0735 e. The molecular formula is C45H27N3. The average Bonchev–Trinajstić information content (AvgIpc) is 3.78. The fourth-order valence-electron chi connectivity index (χ4n) is 8.23. The van der Waals surface area contributed by atoms with Crippen molar-refractivity contribution < 1.29 is 0 Å². The van der Waals surface area contributed by atoms with Crippen LogP contribution in [0.3, 0.4) is 0 Å². The molecule has 3 heteroatoms. The van der Waals surface area contributed by atoms with Gasteiger partial charge in [0, 0.05) is 44.5 Å². The Kier molecular flexibility index (Phi) is 5.11. The van der Waals surface area contributed by atoms with E-state index in [0.29, 0.717) is 0 Å². The standard InChI is InChI=1S/C45H27N3/c1-2-10-30(11-3-1)47-41-16-8-6-14-34(41)37-24-28(18-20-43(37)47)29-19-21-44-38(25-29)35-15-7-9-17-42(35)48(44)31-26-39-33-13-5-4-12-32(33)36-22-23-46-40(27-31)45(36)39/h1-27H. The van der Waals surface area contributed by atoms with Crippen LogP contribution >= 0.6 is 0 Å². The summed E-state index contributed by atoms with van der Waals surface area (Å²) >= 11 is 0. The van der Waals surface area contributed by atoms with Crippen molar-refractivity contribution in [2.24, 2.45) is 0 Å². The van der Waals surface area contributed by atoms with Crippen molar-refractivity contribution in [3.05, 3.63) is 164 Å². The zero-order chi connectivity index (χ0) is 31.3. The van der Waals surface area contributed by atoms with Crippen LogP contribution in [-0.4, -0.2) is 14.1 Å². The van der Waals surface area contributed by atoms with Crippen LogP contribution in [0.1, 0.15) is 0 Å². The van der Waals surface area contributed by atoms with E-state index in [4.69, 9.17) is 4.98 Å². The van der Waals surface area contributed by atoms with E-state index in [-0.39, 0.29) is 0 Å². The van der Waals surface area contributed by atoms with Gasteiger partial charge < -0.3 is 9.13 Å². The molecule has 0 radical (unpaired) electrons. The lowest BCUT2D eigenvalue weighted by Crippen LogP contribution is -1.95. The summed E-state index contributed by atoms with van der Waals surface area (Å²) in [5, 5.41) is 6.26. The molecule has 0 N–H and O–H groups in total. The number of nitrogens with zero attached hydrogens (tertiary/aromatic N) is 3. The molecule has 1 aliphatic carbocycles. The fraction of sp³-hybridized carbons (Fsp3) is 0. The summed E-state index contributed by atoms with van der Waals surface area (Å²) in [4.78, 5) is 4.86. The average molecular weight is 610 g/mol. The number of hydrogen-bond acceptors (Lipinski definition) is 1. The first-order chi connectivity index (χ1) is 23.8. The van der Waals surface area contributed by atoms with E-state index in [0.717, 1.165) is 11.2 Å². The third kappa shape index (κ3) is 3.45. The minimum Gasteiger partial charge on any atom is -0.309 e. The summed E-state index contributed by atoms with van der Waals surface area (Å²) in [7, 11) is 0. The second-order valence-electron chi connectivity index (χ2n) is 12.8. The van der Waals surface area contributed by atoms with Crippen LogP contribution in [0.5, 0.6) is 0 Å². The number of fused-ring (bicyclic) bond motifs is 9. The predicted octanol–water partition coefficient (Wildman–Crippen LogP) is 11.7. The molecule has 3 aromatic heterocycles. The van der Waals surface area contributed by atoms with Gasteiger partial charge in [0.25, 0.3) is 0 Å². The normalized spacial score (nSPS) is 12.2. The lowest BCUT2D eigenvalue weighted by atomic mass is 10.0. The molecule has 0 aliphatic heterocycles. The second kappa shape index (κ2) is 9.54. The number of pyridine rings is 1. The molecule has 11 rings (SSSR count). The second-order valence-corrected chi connectivity index (χ2v) is 12.8. The van der Waals surface area contributed by atoms with E-state index in [1.54, 1.807) is 0 Å². The van der Waals surface area contributed by atoms with E-state index in [1.165, 1.54) is 88.1 Å². The maximum absolute atomic E-state index is 4.86. The highest BCUT2D eigenvalue weighted by Crippen LogP contribution is 2.48. The molecule has 0 saturated carbocycles. The lowest BCUT2D eigenvalue weighted by molar-refractivity contribution is 1.18. The first-order valence-electron chi connectivity index (χ1n) is 16.5. The number of aromatic nitrogens is 3. The van der Waals surface area contributed by atoms with Gasteiger partial charge in [-0.2, -0.15) is 0 Å². The Bertz CT molecular complexity index is 2940.